The molecule has 1 unspecified atom stereocenters. The second kappa shape index (κ2) is 20.3. The van der Waals surface area contributed by atoms with E-state index < -0.39 is 0 Å². The summed E-state index contributed by atoms with van der Waals surface area (Å²) in [5, 5.41) is 0. The fourth-order valence-electron chi connectivity index (χ4n) is 3.74. The summed E-state index contributed by atoms with van der Waals surface area (Å²) in [7, 11) is 0. The monoisotopic (exact) mass is 497 g/mol. The van der Waals surface area contributed by atoms with Gasteiger partial charge in [-0.15, -0.1) is 6.42 Å². The van der Waals surface area contributed by atoms with E-state index in [4.69, 9.17) is 6.42 Å². The lowest BCUT2D eigenvalue weighted by atomic mass is 10.1. The Bertz CT molecular complexity index is 309. The largest absolute Gasteiger partial charge is 1.00 e. The molecule has 0 saturated heterocycles. The highest BCUT2D eigenvalue weighted by molar-refractivity contribution is 14.1. The summed E-state index contributed by atoms with van der Waals surface area (Å²) in [5.41, 5.74) is 0. The van der Waals surface area contributed by atoms with E-state index in [9.17, 15) is 0 Å². The zero-order valence-electron chi connectivity index (χ0n) is 17.9. The molecule has 0 fully saturated rings. The number of terminal acetylenes is 1. The van der Waals surface area contributed by atoms with Crippen LogP contribution in [0.15, 0.2) is 0 Å². The molecule has 0 aliphatic heterocycles. The molecule has 0 spiro atoms. The van der Waals surface area contributed by atoms with Crippen molar-refractivity contribution in [2.24, 2.45) is 0 Å². The van der Waals surface area contributed by atoms with Crippen molar-refractivity contribution < 1.29 is 16.9 Å². The number of unbranched alkanes of at least 4 members (excludes halogenated alkanes) is 12. The number of halogens is 2. The summed E-state index contributed by atoms with van der Waals surface area (Å²) < 4.78 is 1.48. The molecule has 0 aromatic rings. The lowest BCUT2D eigenvalue weighted by Gasteiger charge is -2.40. The summed E-state index contributed by atoms with van der Waals surface area (Å²) in [5.74, 6) is 3.05. The van der Waals surface area contributed by atoms with Crippen LogP contribution in [-0.4, -0.2) is 28.2 Å². The normalized spacial score (nSPS) is 12.4. The minimum absolute atomic E-state index is 0. The maximum absolute atomic E-state index is 5.83. The molecular weight excluding hydrogens is 453 g/mol. The molecule has 156 valence electrons. The van der Waals surface area contributed by atoms with Crippen LogP contribution in [0.2, 0.25) is 0 Å². The first-order chi connectivity index (χ1) is 12.2. The summed E-state index contributed by atoms with van der Waals surface area (Å²) in [6.07, 6.45) is 25.3. The minimum atomic E-state index is 0. The molecule has 0 heterocycles. The molecule has 0 aliphatic rings. The third-order valence-electron chi connectivity index (χ3n) is 5.66. The number of rotatable bonds is 18. The zero-order valence-corrected chi connectivity index (χ0v) is 20.8. The number of hydrogen-bond donors (Lipinski definition) is 0. The van der Waals surface area contributed by atoms with Gasteiger partial charge in [-0.25, -0.2) is 0 Å². The standard InChI is InChI=1S/C23H45IN.ClH/c1-5-9-11-13-15-17-19-21-25(8-4,23(24)7-3)22-20-18-16-14-12-10-6-2;/h3,23H,5-6,8-22H2,1-2,4H3;1H/q+1;/p-1. The van der Waals surface area contributed by atoms with Crippen LogP contribution >= 0.6 is 22.6 Å². The van der Waals surface area contributed by atoms with Crippen LogP contribution in [0.5, 0.6) is 0 Å². The van der Waals surface area contributed by atoms with Gasteiger partial charge in [0.1, 0.15) is 0 Å². The average Bonchev–Trinajstić information content (AvgIpc) is 2.64. The lowest BCUT2D eigenvalue weighted by Crippen LogP contribution is -3.00. The third kappa shape index (κ3) is 13.7. The van der Waals surface area contributed by atoms with E-state index >= 15 is 0 Å². The Hall–Kier alpha value is 0.540. The number of hydrogen-bond acceptors (Lipinski definition) is 0. The molecule has 0 N–H and O–H groups in total. The van der Waals surface area contributed by atoms with Crippen LogP contribution < -0.4 is 12.4 Å². The molecular formula is C23H45ClIN. The van der Waals surface area contributed by atoms with Gasteiger partial charge in [-0.2, -0.15) is 0 Å². The van der Waals surface area contributed by atoms with Crippen LogP contribution in [0.3, 0.4) is 0 Å². The Morgan fingerprint density at radius 1 is 0.692 bits per heavy atom. The molecule has 0 aromatic carbocycles. The maximum Gasteiger partial charge on any atom is 0.200 e. The van der Waals surface area contributed by atoms with Gasteiger partial charge in [0.05, 0.1) is 19.6 Å². The summed E-state index contributed by atoms with van der Waals surface area (Å²) >= 11 is 2.52. The van der Waals surface area contributed by atoms with Crippen molar-refractivity contribution in [2.75, 3.05) is 19.6 Å². The Kier molecular flexibility index (Phi) is 22.4. The third-order valence-corrected chi connectivity index (χ3v) is 7.20. The van der Waals surface area contributed by atoms with Crippen molar-refractivity contribution in [3.8, 4) is 12.3 Å². The molecule has 1 nitrogen and oxygen atoms in total. The van der Waals surface area contributed by atoms with Crippen LogP contribution in [-0.2, 0) is 0 Å². The smallest absolute Gasteiger partial charge is 0.200 e. The quantitative estimate of drug-likeness (QED) is 0.0642. The van der Waals surface area contributed by atoms with Gasteiger partial charge in [0.25, 0.3) is 0 Å². The molecule has 1 atom stereocenters. The van der Waals surface area contributed by atoms with Gasteiger partial charge in [0, 0.05) is 22.6 Å². The van der Waals surface area contributed by atoms with Crippen LogP contribution in [0.25, 0.3) is 0 Å². The molecule has 0 radical (unpaired) electrons. The number of alkyl halides is 1. The zero-order chi connectivity index (χ0) is 18.8. The van der Waals surface area contributed by atoms with Crippen molar-refractivity contribution in [1.29, 1.82) is 0 Å². The highest BCUT2D eigenvalue weighted by atomic mass is 127. The van der Waals surface area contributed by atoms with Crippen LogP contribution in [0.4, 0.5) is 0 Å². The van der Waals surface area contributed by atoms with Gasteiger partial charge >= 0.3 is 0 Å². The minimum Gasteiger partial charge on any atom is -1.00 e. The molecule has 0 rings (SSSR count). The van der Waals surface area contributed by atoms with Crippen molar-refractivity contribution >= 4 is 22.6 Å². The van der Waals surface area contributed by atoms with Gasteiger partial charge in [0.2, 0.25) is 4.05 Å². The van der Waals surface area contributed by atoms with Gasteiger partial charge in [-0.3, -0.25) is 0 Å². The van der Waals surface area contributed by atoms with Gasteiger partial charge < -0.3 is 16.9 Å². The van der Waals surface area contributed by atoms with Gasteiger partial charge in [-0.05, 0) is 38.5 Å². The average molecular weight is 498 g/mol. The predicted octanol–water partition coefficient (Wildman–Crippen LogP) is 4.72. The number of quaternary nitrogens is 1. The van der Waals surface area contributed by atoms with Gasteiger partial charge in [-0.1, -0.05) is 78.1 Å². The Labute approximate surface area is 185 Å². The van der Waals surface area contributed by atoms with E-state index in [1.165, 1.54) is 110 Å². The lowest BCUT2D eigenvalue weighted by molar-refractivity contribution is -0.925. The van der Waals surface area contributed by atoms with E-state index in [1.54, 1.807) is 0 Å². The molecule has 0 aromatic heterocycles. The molecule has 0 bridgehead atoms. The fraction of sp³-hybridized carbons (Fsp3) is 0.913. The Morgan fingerprint density at radius 2 is 1.04 bits per heavy atom. The van der Waals surface area contributed by atoms with Crippen molar-refractivity contribution in [2.45, 2.75) is 115 Å². The predicted molar refractivity (Wildman–Crippen MR) is 123 cm³/mol. The highest BCUT2D eigenvalue weighted by Crippen LogP contribution is 2.23. The Morgan fingerprint density at radius 3 is 1.35 bits per heavy atom. The van der Waals surface area contributed by atoms with Gasteiger partial charge in [0.15, 0.2) is 0 Å². The molecule has 3 heteroatoms. The summed E-state index contributed by atoms with van der Waals surface area (Å²) in [4.78, 5) is 0. The first-order valence-corrected chi connectivity index (χ1v) is 12.4. The van der Waals surface area contributed by atoms with E-state index in [1.807, 2.05) is 0 Å². The van der Waals surface area contributed by atoms with E-state index in [0.29, 0.717) is 4.05 Å². The number of nitrogens with zero attached hydrogens (tertiary/aromatic N) is 1. The van der Waals surface area contributed by atoms with Crippen LogP contribution in [0.1, 0.15) is 111 Å². The first-order valence-electron chi connectivity index (χ1n) is 11.1. The van der Waals surface area contributed by atoms with E-state index in [-0.39, 0.29) is 12.4 Å². The second-order valence-electron chi connectivity index (χ2n) is 7.73. The first kappa shape index (κ1) is 28.7. The molecule has 0 aliphatic carbocycles. The van der Waals surface area contributed by atoms with Crippen molar-refractivity contribution in [3.63, 3.8) is 0 Å². The SMILES string of the molecule is C#CC(I)[N+](CC)(CCCCCCCCC)CCCCCCCCC.[Cl-]. The van der Waals surface area contributed by atoms with Crippen LogP contribution in [0, 0.1) is 12.3 Å². The molecule has 0 amide bonds. The molecule has 0 saturated carbocycles. The second-order valence-corrected chi connectivity index (χ2v) is 8.91. The van der Waals surface area contributed by atoms with Crippen molar-refractivity contribution in [1.82, 2.24) is 0 Å². The topological polar surface area (TPSA) is 0 Å². The molecule has 26 heavy (non-hydrogen) atoms. The van der Waals surface area contributed by atoms with E-state index in [2.05, 4.69) is 49.3 Å². The van der Waals surface area contributed by atoms with Crippen molar-refractivity contribution in [3.05, 3.63) is 0 Å². The maximum atomic E-state index is 5.83. The Balaban J connectivity index is 0. The summed E-state index contributed by atoms with van der Waals surface area (Å²) in [6.45, 7) is 10.7. The fourth-order valence-corrected chi connectivity index (χ4v) is 4.69. The van der Waals surface area contributed by atoms with E-state index in [0.717, 1.165) is 4.48 Å². The highest BCUT2D eigenvalue weighted by Gasteiger charge is 2.31. The summed E-state index contributed by atoms with van der Waals surface area (Å²) in [6, 6.07) is 0.